The molecule has 0 aliphatic heterocycles. The van der Waals surface area contributed by atoms with Crippen LogP contribution in [0.4, 0.5) is 11.4 Å². The van der Waals surface area contributed by atoms with Crippen LogP contribution in [-0.4, -0.2) is 24.4 Å². The van der Waals surface area contributed by atoms with E-state index in [2.05, 4.69) is 10.2 Å². The number of benzene rings is 1. The molecule has 0 fully saturated rings. The van der Waals surface area contributed by atoms with Crippen LogP contribution < -0.4 is 16.0 Å². The fourth-order valence-corrected chi connectivity index (χ4v) is 1.36. The lowest BCUT2D eigenvalue weighted by molar-refractivity contribution is -0.109. The summed E-state index contributed by atoms with van der Waals surface area (Å²) in [6, 6.07) is 7.50. The Morgan fingerprint density at radius 1 is 1.35 bits per heavy atom. The first-order valence-corrected chi connectivity index (χ1v) is 5.64. The first-order chi connectivity index (χ1) is 7.99. The van der Waals surface area contributed by atoms with Gasteiger partial charge in [0.25, 0.3) is 0 Å². The second-order valence-electron chi connectivity index (χ2n) is 3.42. The van der Waals surface area contributed by atoms with Crippen LogP contribution in [0.1, 0.15) is 0 Å². The monoisotopic (exact) mass is 251 g/mol. The number of rotatable bonds is 2. The molecule has 0 saturated carbocycles. The van der Waals surface area contributed by atoms with Crippen molar-refractivity contribution in [3.63, 3.8) is 0 Å². The van der Waals surface area contributed by atoms with E-state index in [4.69, 9.17) is 16.6 Å². The largest absolute Gasteiger partial charge is 0.378 e. The topological polar surface area (TPSA) is 103 Å². The van der Waals surface area contributed by atoms with Crippen molar-refractivity contribution in [2.45, 2.75) is 0 Å². The highest BCUT2D eigenvalue weighted by atomic mass is 32.2. The number of nitrogens with two attached hydrogens (primary N) is 2. The summed E-state index contributed by atoms with van der Waals surface area (Å²) in [5.41, 5.74) is 6.98. The lowest BCUT2D eigenvalue weighted by Gasteiger charge is -2.11. The zero-order chi connectivity index (χ0) is 12.8. The van der Waals surface area contributed by atoms with E-state index in [0.717, 1.165) is 17.4 Å². The van der Waals surface area contributed by atoms with Gasteiger partial charge in [-0.3, -0.25) is 16.6 Å². The van der Waals surface area contributed by atoms with E-state index in [9.17, 15) is 0 Å². The van der Waals surface area contributed by atoms with Gasteiger partial charge in [0.2, 0.25) is 5.17 Å². The van der Waals surface area contributed by atoms with Gasteiger partial charge in [-0.2, -0.15) is 0 Å². The number of nitrogens with one attached hydrogen (secondary N) is 1. The third-order valence-electron chi connectivity index (χ3n) is 1.84. The van der Waals surface area contributed by atoms with Crippen LogP contribution in [0.25, 0.3) is 0 Å². The summed E-state index contributed by atoms with van der Waals surface area (Å²) in [7, 11) is 3.92. The number of amidine groups is 2. The molecule has 17 heavy (non-hydrogen) atoms. The molecule has 0 bridgehead atoms. The third kappa shape index (κ3) is 4.64. The summed E-state index contributed by atoms with van der Waals surface area (Å²) in [6.45, 7) is 0. The summed E-state index contributed by atoms with van der Waals surface area (Å²) in [5, 5.41) is 20.2. The molecule has 0 aromatic heterocycles. The molecular formula is C10H15N6S+. The van der Waals surface area contributed by atoms with Gasteiger partial charge >= 0.3 is 5.17 Å². The number of hydrogen-bond donors (Lipinski definition) is 3. The zero-order valence-corrected chi connectivity index (χ0v) is 10.5. The molecule has 0 radical (unpaired) electrons. The van der Waals surface area contributed by atoms with Gasteiger partial charge in [0.05, 0.1) is 5.69 Å². The van der Waals surface area contributed by atoms with E-state index in [1.165, 1.54) is 0 Å². The molecule has 0 heterocycles. The minimum absolute atomic E-state index is 0.0401. The maximum absolute atomic E-state index is 7.39. The fraction of sp³-hybridized carbons (Fsp3) is 0.200. The van der Waals surface area contributed by atoms with E-state index in [-0.39, 0.29) is 10.3 Å². The normalized spacial score (nSPS) is 10.5. The van der Waals surface area contributed by atoms with Gasteiger partial charge in [-0.25, -0.2) is 0 Å². The molecule has 1 aromatic carbocycles. The average molecular weight is 251 g/mol. The van der Waals surface area contributed by atoms with E-state index in [1.54, 1.807) is 0 Å². The van der Waals surface area contributed by atoms with Crippen molar-refractivity contribution >= 4 is 33.5 Å². The molecule has 1 rings (SSSR count). The van der Waals surface area contributed by atoms with Crippen molar-refractivity contribution in [3.05, 3.63) is 24.3 Å². The van der Waals surface area contributed by atoms with Crippen molar-refractivity contribution in [1.82, 2.24) is 0 Å². The van der Waals surface area contributed by atoms with Gasteiger partial charge in [0, 0.05) is 31.5 Å². The zero-order valence-electron chi connectivity index (χ0n) is 9.71. The predicted octanol–water partition coefficient (Wildman–Crippen LogP) is 0.578. The van der Waals surface area contributed by atoms with Gasteiger partial charge in [-0.15, -0.1) is 10.2 Å². The average Bonchev–Trinajstić information content (AvgIpc) is 2.26. The number of hydrogen-bond acceptors (Lipinski definition) is 4. The summed E-state index contributed by atoms with van der Waals surface area (Å²) in [6.07, 6.45) is 0. The highest BCUT2D eigenvalue weighted by Crippen LogP contribution is 2.18. The van der Waals surface area contributed by atoms with Crippen LogP contribution in [0, 0.1) is 5.41 Å². The van der Waals surface area contributed by atoms with E-state index in [1.807, 2.05) is 43.3 Å². The molecule has 6 nitrogen and oxygen atoms in total. The van der Waals surface area contributed by atoms with Crippen LogP contribution in [0.3, 0.4) is 0 Å². The Balaban J connectivity index is 2.66. The first-order valence-electron chi connectivity index (χ1n) is 4.82. The summed E-state index contributed by atoms with van der Waals surface area (Å²) >= 11 is 0.869. The van der Waals surface area contributed by atoms with Crippen molar-refractivity contribution in [2.24, 2.45) is 16.0 Å². The molecule has 5 N–H and O–H groups in total. The maximum atomic E-state index is 7.39. The highest BCUT2D eigenvalue weighted by Gasteiger charge is 2.02. The number of nitrogens with zero attached hydrogens (tertiary/aromatic N) is 3. The second-order valence-corrected chi connectivity index (χ2v) is 4.48. The minimum Gasteiger partial charge on any atom is -0.378 e. The SMILES string of the molecule is CN(C)c1ccc(N=NC(=N)SC(N)=[NH2+])cc1. The van der Waals surface area contributed by atoms with Crippen LogP contribution >= 0.6 is 11.8 Å². The predicted molar refractivity (Wildman–Crippen MR) is 71.7 cm³/mol. The Kier molecular flexibility index (Phi) is 4.65. The standard InChI is InChI=1S/C10H14N6S/c1-16(2)8-5-3-7(4-6-8)14-15-10(13)17-9(11)12/h3-6,13H,1-2H3,(H3,11,12)/p+1. The molecule has 0 spiro atoms. The van der Waals surface area contributed by atoms with Crippen LogP contribution in [0.15, 0.2) is 34.5 Å². The smallest absolute Gasteiger partial charge is 0.307 e. The maximum Gasteiger partial charge on any atom is 0.307 e. The molecule has 0 unspecified atom stereocenters. The van der Waals surface area contributed by atoms with Gasteiger partial charge in [-0.05, 0) is 24.3 Å². The summed E-state index contributed by atoms with van der Waals surface area (Å²) < 4.78 is 0. The minimum atomic E-state index is -0.0401. The molecule has 0 aliphatic rings. The molecule has 7 heteroatoms. The van der Waals surface area contributed by atoms with Gasteiger partial charge in [0.15, 0.2) is 0 Å². The number of azo groups is 1. The van der Waals surface area contributed by atoms with Gasteiger partial charge < -0.3 is 4.90 Å². The molecule has 90 valence electrons. The van der Waals surface area contributed by atoms with Crippen LogP contribution in [0.5, 0.6) is 0 Å². The molecule has 0 amide bonds. The lowest BCUT2D eigenvalue weighted by Crippen LogP contribution is -2.43. The summed E-state index contributed by atoms with van der Waals surface area (Å²) in [5.74, 6) is 0. The van der Waals surface area contributed by atoms with Crippen molar-refractivity contribution in [3.8, 4) is 0 Å². The second kappa shape index (κ2) is 6.00. The Hall–Kier alpha value is -1.89. The van der Waals surface area contributed by atoms with E-state index < -0.39 is 0 Å². The molecule has 0 atom stereocenters. The Morgan fingerprint density at radius 2 is 1.94 bits per heavy atom. The molecular weight excluding hydrogens is 236 g/mol. The van der Waals surface area contributed by atoms with Gasteiger partial charge in [-0.1, -0.05) is 0 Å². The highest BCUT2D eigenvalue weighted by molar-refractivity contribution is 8.26. The van der Waals surface area contributed by atoms with Crippen LogP contribution in [0.2, 0.25) is 0 Å². The van der Waals surface area contributed by atoms with Crippen molar-refractivity contribution < 1.29 is 5.41 Å². The lowest BCUT2D eigenvalue weighted by atomic mass is 10.3. The molecule has 0 saturated heterocycles. The van der Waals surface area contributed by atoms with Crippen LogP contribution in [-0.2, 0) is 0 Å². The Morgan fingerprint density at radius 3 is 2.41 bits per heavy atom. The number of thioether (sulfide) groups is 1. The quantitative estimate of drug-likeness (QED) is 0.407. The fourth-order valence-electron chi connectivity index (χ4n) is 1.05. The van der Waals surface area contributed by atoms with E-state index in [0.29, 0.717) is 5.69 Å². The van der Waals surface area contributed by atoms with Crippen molar-refractivity contribution in [1.29, 1.82) is 5.41 Å². The Labute approximate surface area is 104 Å². The van der Waals surface area contributed by atoms with Crippen molar-refractivity contribution in [2.75, 3.05) is 19.0 Å². The Bertz CT molecular complexity index is 437. The molecule has 1 aromatic rings. The number of anilines is 1. The third-order valence-corrected chi connectivity index (χ3v) is 2.35. The van der Waals surface area contributed by atoms with Gasteiger partial charge in [0.1, 0.15) is 0 Å². The summed E-state index contributed by atoms with van der Waals surface area (Å²) in [4.78, 5) is 1.99. The first kappa shape index (κ1) is 13.2. The van der Waals surface area contributed by atoms with E-state index >= 15 is 0 Å². The molecule has 0 aliphatic carbocycles.